The molecular formula is C19H37NO. The summed E-state index contributed by atoms with van der Waals surface area (Å²) in [6, 6.07) is 0.755. The van der Waals surface area contributed by atoms with Crippen molar-refractivity contribution in [3.05, 3.63) is 0 Å². The van der Waals surface area contributed by atoms with Gasteiger partial charge in [-0.2, -0.15) is 0 Å². The maximum atomic E-state index is 5.83. The van der Waals surface area contributed by atoms with E-state index in [1.165, 1.54) is 57.9 Å². The Bertz CT molecular complexity index is 290. The van der Waals surface area contributed by atoms with Crippen LogP contribution in [0.5, 0.6) is 0 Å². The molecule has 0 aromatic heterocycles. The van der Waals surface area contributed by atoms with Gasteiger partial charge in [-0.1, -0.05) is 27.7 Å². The number of nitrogens with one attached hydrogen (secondary N) is 1. The van der Waals surface area contributed by atoms with E-state index in [4.69, 9.17) is 4.74 Å². The van der Waals surface area contributed by atoms with Crippen molar-refractivity contribution >= 4 is 0 Å². The van der Waals surface area contributed by atoms with Crippen molar-refractivity contribution in [1.29, 1.82) is 0 Å². The van der Waals surface area contributed by atoms with E-state index >= 15 is 0 Å². The molecule has 4 atom stereocenters. The molecule has 1 saturated carbocycles. The molecule has 2 rings (SSSR count). The molecule has 2 nitrogen and oxygen atoms in total. The summed E-state index contributed by atoms with van der Waals surface area (Å²) in [5.41, 5.74) is 0.470. The van der Waals surface area contributed by atoms with Crippen LogP contribution in [0.15, 0.2) is 0 Å². The summed E-state index contributed by atoms with van der Waals surface area (Å²) in [5.74, 6) is 1.75. The molecule has 1 aliphatic carbocycles. The molecule has 4 unspecified atom stereocenters. The second kappa shape index (κ2) is 7.97. The molecule has 0 aromatic carbocycles. The van der Waals surface area contributed by atoms with Gasteiger partial charge in [0.25, 0.3) is 0 Å². The van der Waals surface area contributed by atoms with Gasteiger partial charge >= 0.3 is 0 Å². The summed E-state index contributed by atoms with van der Waals surface area (Å²) in [7, 11) is 0. The van der Waals surface area contributed by atoms with E-state index in [1.807, 2.05) is 0 Å². The van der Waals surface area contributed by atoms with Crippen LogP contribution < -0.4 is 5.32 Å². The number of hydrogen-bond donors (Lipinski definition) is 1. The molecule has 0 amide bonds. The molecule has 1 heterocycles. The smallest absolute Gasteiger partial charge is 0.0576 e. The van der Waals surface area contributed by atoms with Crippen LogP contribution in [-0.4, -0.2) is 25.3 Å². The van der Waals surface area contributed by atoms with Crippen molar-refractivity contribution in [3.63, 3.8) is 0 Å². The first kappa shape index (κ1) is 17.3. The van der Waals surface area contributed by atoms with Crippen molar-refractivity contribution in [1.82, 2.24) is 5.32 Å². The zero-order chi connectivity index (χ0) is 15.3. The minimum Gasteiger partial charge on any atom is -0.378 e. The Morgan fingerprint density at radius 1 is 1.10 bits per heavy atom. The average Bonchev–Trinajstić information content (AvgIpc) is 2.95. The van der Waals surface area contributed by atoms with Gasteiger partial charge in [0.15, 0.2) is 0 Å². The molecule has 2 fully saturated rings. The predicted octanol–water partition coefficient (Wildman–Crippen LogP) is 4.78. The highest BCUT2D eigenvalue weighted by Crippen LogP contribution is 2.42. The first-order valence-corrected chi connectivity index (χ1v) is 9.35. The molecule has 1 aliphatic heterocycles. The zero-order valence-corrected chi connectivity index (χ0v) is 14.8. The minimum atomic E-state index is 0.470. The van der Waals surface area contributed by atoms with Gasteiger partial charge in [-0.05, 0) is 75.2 Å². The van der Waals surface area contributed by atoms with Crippen LogP contribution in [0.3, 0.4) is 0 Å². The van der Waals surface area contributed by atoms with E-state index in [2.05, 4.69) is 33.0 Å². The molecule has 2 aliphatic rings. The summed E-state index contributed by atoms with van der Waals surface area (Å²) in [6.45, 7) is 11.7. The topological polar surface area (TPSA) is 21.3 Å². The summed E-state index contributed by atoms with van der Waals surface area (Å²) < 4.78 is 5.83. The fourth-order valence-electron chi connectivity index (χ4n) is 4.24. The van der Waals surface area contributed by atoms with E-state index in [0.29, 0.717) is 11.5 Å². The van der Waals surface area contributed by atoms with Gasteiger partial charge in [-0.15, -0.1) is 0 Å². The van der Waals surface area contributed by atoms with Gasteiger partial charge in [0.2, 0.25) is 0 Å². The second-order valence-corrected chi connectivity index (χ2v) is 8.41. The van der Waals surface area contributed by atoms with Gasteiger partial charge in [-0.25, -0.2) is 0 Å². The van der Waals surface area contributed by atoms with E-state index in [9.17, 15) is 0 Å². The standard InChI is InChI=1S/C19H37NO/c1-5-12-20-18-11-9-16(19(2,3)4)14-15(18)8-10-17-7-6-13-21-17/h15-18,20H,5-14H2,1-4H3. The lowest BCUT2D eigenvalue weighted by molar-refractivity contribution is 0.0749. The SMILES string of the molecule is CCCNC1CCC(C(C)(C)C)CC1CCC1CCCO1. The molecule has 0 radical (unpaired) electrons. The second-order valence-electron chi connectivity index (χ2n) is 8.41. The highest BCUT2D eigenvalue weighted by Gasteiger charge is 2.35. The molecule has 124 valence electrons. The number of rotatable bonds is 6. The van der Waals surface area contributed by atoms with Crippen molar-refractivity contribution in [2.24, 2.45) is 17.3 Å². The number of hydrogen-bond acceptors (Lipinski definition) is 2. The highest BCUT2D eigenvalue weighted by molar-refractivity contribution is 4.89. The Hall–Kier alpha value is -0.0800. The fourth-order valence-corrected chi connectivity index (χ4v) is 4.24. The lowest BCUT2D eigenvalue weighted by Crippen LogP contribution is -2.43. The minimum absolute atomic E-state index is 0.470. The summed E-state index contributed by atoms with van der Waals surface area (Å²) in [5, 5.41) is 3.83. The third-order valence-electron chi connectivity index (χ3n) is 5.75. The molecule has 0 spiro atoms. The Kier molecular flexibility index (Phi) is 6.55. The van der Waals surface area contributed by atoms with Crippen LogP contribution in [0.25, 0.3) is 0 Å². The van der Waals surface area contributed by atoms with Gasteiger partial charge in [0, 0.05) is 12.6 Å². The fraction of sp³-hybridized carbons (Fsp3) is 1.00. The van der Waals surface area contributed by atoms with Crippen LogP contribution in [-0.2, 0) is 4.74 Å². The third kappa shape index (κ3) is 5.25. The Balaban J connectivity index is 1.88. The maximum Gasteiger partial charge on any atom is 0.0576 e. The first-order chi connectivity index (χ1) is 10.0. The van der Waals surface area contributed by atoms with Crippen LogP contribution in [0.4, 0.5) is 0 Å². The zero-order valence-electron chi connectivity index (χ0n) is 14.8. The summed E-state index contributed by atoms with van der Waals surface area (Å²) in [6.07, 6.45) is 11.2. The Morgan fingerprint density at radius 2 is 1.90 bits per heavy atom. The predicted molar refractivity (Wildman–Crippen MR) is 90.6 cm³/mol. The molecule has 0 aromatic rings. The van der Waals surface area contributed by atoms with Gasteiger partial charge in [-0.3, -0.25) is 0 Å². The normalized spacial score (nSPS) is 34.3. The van der Waals surface area contributed by atoms with Gasteiger partial charge in [0.1, 0.15) is 0 Å². The highest BCUT2D eigenvalue weighted by atomic mass is 16.5. The van der Waals surface area contributed by atoms with Crippen molar-refractivity contribution in [2.45, 2.75) is 91.2 Å². The largest absolute Gasteiger partial charge is 0.378 e. The van der Waals surface area contributed by atoms with E-state index < -0.39 is 0 Å². The van der Waals surface area contributed by atoms with Crippen molar-refractivity contribution in [2.75, 3.05) is 13.2 Å². The maximum absolute atomic E-state index is 5.83. The first-order valence-electron chi connectivity index (χ1n) is 9.35. The van der Waals surface area contributed by atoms with Crippen LogP contribution in [0, 0.1) is 17.3 Å². The quantitative estimate of drug-likeness (QED) is 0.761. The third-order valence-corrected chi connectivity index (χ3v) is 5.75. The number of ether oxygens (including phenoxy) is 1. The van der Waals surface area contributed by atoms with E-state index in [0.717, 1.165) is 24.5 Å². The monoisotopic (exact) mass is 295 g/mol. The average molecular weight is 296 g/mol. The van der Waals surface area contributed by atoms with Crippen LogP contribution in [0.1, 0.15) is 79.1 Å². The van der Waals surface area contributed by atoms with Crippen molar-refractivity contribution in [3.8, 4) is 0 Å². The van der Waals surface area contributed by atoms with E-state index in [1.54, 1.807) is 0 Å². The molecule has 0 bridgehead atoms. The Labute approximate surface area is 132 Å². The molecule has 2 heteroatoms. The van der Waals surface area contributed by atoms with Gasteiger partial charge < -0.3 is 10.1 Å². The lowest BCUT2D eigenvalue weighted by atomic mass is 9.66. The van der Waals surface area contributed by atoms with Gasteiger partial charge in [0.05, 0.1) is 6.10 Å². The summed E-state index contributed by atoms with van der Waals surface area (Å²) >= 11 is 0. The van der Waals surface area contributed by atoms with E-state index in [-0.39, 0.29) is 0 Å². The van der Waals surface area contributed by atoms with Crippen LogP contribution in [0.2, 0.25) is 0 Å². The summed E-state index contributed by atoms with van der Waals surface area (Å²) in [4.78, 5) is 0. The molecule has 1 N–H and O–H groups in total. The van der Waals surface area contributed by atoms with Crippen molar-refractivity contribution < 1.29 is 4.74 Å². The Morgan fingerprint density at radius 3 is 2.52 bits per heavy atom. The molecular weight excluding hydrogens is 258 g/mol. The lowest BCUT2D eigenvalue weighted by Gasteiger charge is -2.42. The molecule has 21 heavy (non-hydrogen) atoms. The van der Waals surface area contributed by atoms with Crippen LogP contribution >= 0.6 is 0 Å². The molecule has 1 saturated heterocycles.